The van der Waals surface area contributed by atoms with Crippen LogP contribution in [0.5, 0.6) is 0 Å². The number of benzene rings is 1. The number of halogens is 1. The topological polar surface area (TPSA) is 104 Å². The SMILES string of the molecule is O=C(Nc1ccc2[nH]c(=O)[nH]c2c1)c1cnc(Cl)cn1. The zero-order chi connectivity index (χ0) is 14.1. The Hall–Kier alpha value is -2.67. The first-order chi connectivity index (χ1) is 9.61. The van der Waals surface area contributed by atoms with E-state index in [1.54, 1.807) is 18.2 Å². The van der Waals surface area contributed by atoms with E-state index in [9.17, 15) is 9.59 Å². The van der Waals surface area contributed by atoms with E-state index in [0.29, 0.717) is 16.7 Å². The molecule has 100 valence electrons. The number of amides is 1. The number of H-pyrrole nitrogens is 2. The van der Waals surface area contributed by atoms with Gasteiger partial charge in [0.1, 0.15) is 10.8 Å². The molecule has 0 saturated heterocycles. The lowest BCUT2D eigenvalue weighted by Gasteiger charge is -2.04. The maximum absolute atomic E-state index is 11.9. The van der Waals surface area contributed by atoms with Crippen LogP contribution in [0.4, 0.5) is 5.69 Å². The van der Waals surface area contributed by atoms with E-state index < -0.39 is 5.91 Å². The maximum atomic E-state index is 11.9. The van der Waals surface area contributed by atoms with Crippen molar-refractivity contribution in [3.8, 4) is 0 Å². The fourth-order valence-electron chi connectivity index (χ4n) is 1.73. The second-order valence-corrected chi connectivity index (χ2v) is 4.41. The largest absolute Gasteiger partial charge is 0.323 e. The second-order valence-electron chi connectivity index (χ2n) is 4.02. The Morgan fingerprint density at radius 3 is 2.70 bits per heavy atom. The maximum Gasteiger partial charge on any atom is 0.323 e. The number of hydrogen-bond acceptors (Lipinski definition) is 4. The lowest BCUT2D eigenvalue weighted by molar-refractivity contribution is 0.102. The van der Waals surface area contributed by atoms with Crippen LogP contribution in [0, 0.1) is 0 Å². The summed E-state index contributed by atoms with van der Waals surface area (Å²) in [6, 6.07) is 5.01. The van der Waals surface area contributed by atoms with Crippen LogP contribution in [0.3, 0.4) is 0 Å². The monoisotopic (exact) mass is 289 g/mol. The van der Waals surface area contributed by atoms with Crippen molar-refractivity contribution in [2.45, 2.75) is 0 Å². The normalized spacial score (nSPS) is 10.7. The zero-order valence-electron chi connectivity index (χ0n) is 9.98. The summed E-state index contributed by atoms with van der Waals surface area (Å²) in [5.74, 6) is -0.411. The van der Waals surface area contributed by atoms with Crippen molar-refractivity contribution in [2.24, 2.45) is 0 Å². The second kappa shape index (κ2) is 4.78. The molecule has 3 rings (SSSR count). The average molecular weight is 290 g/mol. The molecule has 3 aromatic rings. The summed E-state index contributed by atoms with van der Waals surface area (Å²) < 4.78 is 0. The quantitative estimate of drug-likeness (QED) is 0.666. The summed E-state index contributed by atoms with van der Waals surface area (Å²) in [5, 5.41) is 2.87. The molecular weight excluding hydrogens is 282 g/mol. The molecule has 0 saturated carbocycles. The molecule has 0 aliphatic carbocycles. The highest BCUT2D eigenvalue weighted by molar-refractivity contribution is 6.29. The van der Waals surface area contributed by atoms with Crippen molar-refractivity contribution >= 4 is 34.2 Å². The van der Waals surface area contributed by atoms with Crippen LogP contribution in [0.15, 0.2) is 35.4 Å². The van der Waals surface area contributed by atoms with Crippen LogP contribution in [-0.4, -0.2) is 25.8 Å². The van der Waals surface area contributed by atoms with Crippen molar-refractivity contribution in [3.63, 3.8) is 0 Å². The van der Waals surface area contributed by atoms with Gasteiger partial charge in [-0.15, -0.1) is 0 Å². The molecule has 0 aliphatic rings. The molecule has 7 nitrogen and oxygen atoms in total. The Kier molecular flexibility index (Phi) is 2.96. The van der Waals surface area contributed by atoms with Gasteiger partial charge in [0.05, 0.1) is 23.4 Å². The smallest absolute Gasteiger partial charge is 0.321 e. The number of aromatic nitrogens is 4. The van der Waals surface area contributed by atoms with Crippen LogP contribution in [-0.2, 0) is 0 Å². The minimum absolute atomic E-state index is 0.150. The van der Waals surface area contributed by atoms with E-state index in [0.717, 1.165) is 0 Å². The van der Waals surface area contributed by atoms with Crippen molar-refractivity contribution in [1.82, 2.24) is 19.9 Å². The molecule has 3 N–H and O–H groups in total. The number of nitrogens with one attached hydrogen (secondary N) is 3. The summed E-state index contributed by atoms with van der Waals surface area (Å²) in [7, 11) is 0. The Morgan fingerprint density at radius 2 is 1.95 bits per heavy atom. The molecule has 0 spiro atoms. The van der Waals surface area contributed by atoms with Gasteiger partial charge in [0, 0.05) is 5.69 Å². The Labute approximate surface area is 117 Å². The Balaban J connectivity index is 1.86. The van der Waals surface area contributed by atoms with Gasteiger partial charge in [0.15, 0.2) is 0 Å². The first kappa shape index (κ1) is 12.4. The van der Waals surface area contributed by atoms with Gasteiger partial charge in [0.25, 0.3) is 5.91 Å². The minimum atomic E-state index is -0.411. The van der Waals surface area contributed by atoms with Crippen LogP contribution < -0.4 is 11.0 Å². The zero-order valence-corrected chi connectivity index (χ0v) is 10.7. The molecule has 0 unspecified atom stereocenters. The van der Waals surface area contributed by atoms with Crippen molar-refractivity contribution in [3.05, 3.63) is 51.9 Å². The molecule has 8 heteroatoms. The number of nitrogens with zero attached hydrogens (tertiary/aromatic N) is 2. The summed E-state index contributed by atoms with van der Waals surface area (Å²) in [4.78, 5) is 36.0. The van der Waals surface area contributed by atoms with Gasteiger partial charge in [-0.1, -0.05) is 11.6 Å². The predicted octanol–water partition coefficient (Wildman–Crippen LogP) is 1.55. The van der Waals surface area contributed by atoms with E-state index in [2.05, 4.69) is 25.3 Å². The van der Waals surface area contributed by atoms with Crippen LogP contribution in [0.25, 0.3) is 11.0 Å². The Bertz CT molecular complexity index is 837. The van der Waals surface area contributed by atoms with Crippen LogP contribution >= 0.6 is 11.6 Å². The van der Waals surface area contributed by atoms with Crippen molar-refractivity contribution < 1.29 is 4.79 Å². The lowest BCUT2D eigenvalue weighted by atomic mass is 10.2. The first-order valence-corrected chi connectivity index (χ1v) is 6.00. The van der Waals surface area contributed by atoms with E-state index >= 15 is 0 Å². The van der Waals surface area contributed by atoms with Crippen LogP contribution in [0.2, 0.25) is 5.15 Å². The Morgan fingerprint density at radius 1 is 1.15 bits per heavy atom. The summed E-state index contributed by atoms with van der Waals surface area (Å²) in [5.41, 5.74) is 1.66. The van der Waals surface area contributed by atoms with Gasteiger partial charge in [0.2, 0.25) is 0 Å². The highest BCUT2D eigenvalue weighted by Crippen LogP contribution is 2.15. The third-order valence-corrected chi connectivity index (χ3v) is 2.82. The van der Waals surface area contributed by atoms with E-state index in [-0.39, 0.29) is 16.5 Å². The highest BCUT2D eigenvalue weighted by Gasteiger charge is 2.09. The fourth-order valence-corrected chi connectivity index (χ4v) is 1.83. The summed E-state index contributed by atoms with van der Waals surface area (Å²) >= 11 is 5.60. The van der Waals surface area contributed by atoms with Gasteiger partial charge in [-0.3, -0.25) is 4.79 Å². The number of anilines is 1. The van der Waals surface area contributed by atoms with Crippen molar-refractivity contribution in [1.29, 1.82) is 0 Å². The van der Waals surface area contributed by atoms with Gasteiger partial charge < -0.3 is 15.3 Å². The first-order valence-electron chi connectivity index (χ1n) is 5.63. The number of hydrogen-bond donors (Lipinski definition) is 3. The van der Waals surface area contributed by atoms with Gasteiger partial charge in [-0.05, 0) is 18.2 Å². The molecular formula is C12H8ClN5O2. The van der Waals surface area contributed by atoms with Gasteiger partial charge >= 0.3 is 5.69 Å². The molecule has 0 bridgehead atoms. The molecule has 1 amide bonds. The minimum Gasteiger partial charge on any atom is -0.321 e. The lowest BCUT2D eigenvalue weighted by Crippen LogP contribution is -2.13. The molecule has 0 aliphatic heterocycles. The van der Waals surface area contributed by atoms with Gasteiger partial charge in [-0.2, -0.15) is 0 Å². The van der Waals surface area contributed by atoms with E-state index in [1.165, 1.54) is 12.4 Å². The highest BCUT2D eigenvalue weighted by atomic mass is 35.5. The summed E-state index contributed by atoms with van der Waals surface area (Å²) in [6.07, 6.45) is 2.58. The number of rotatable bonds is 2. The van der Waals surface area contributed by atoms with E-state index in [1.807, 2.05) is 0 Å². The van der Waals surface area contributed by atoms with E-state index in [4.69, 9.17) is 11.6 Å². The fraction of sp³-hybridized carbons (Fsp3) is 0. The summed E-state index contributed by atoms with van der Waals surface area (Å²) in [6.45, 7) is 0. The molecule has 2 aromatic heterocycles. The number of carbonyl (C=O) groups is 1. The molecule has 0 fully saturated rings. The molecule has 0 atom stereocenters. The molecule has 0 radical (unpaired) electrons. The molecule has 2 heterocycles. The predicted molar refractivity (Wildman–Crippen MR) is 73.9 cm³/mol. The average Bonchev–Trinajstić information content (AvgIpc) is 2.78. The number of fused-ring (bicyclic) bond motifs is 1. The third kappa shape index (κ3) is 2.39. The standard InChI is InChI=1S/C12H8ClN5O2/c13-10-5-14-9(4-15-10)11(19)16-6-1-2-7-8(3-6)18-12(20)17-7/h1-5H,(H,16,19)(H2,17,18,20). The number of aromatic amines is 2. The van der Waals surface area contributed by atoms with Crippen LogP contribution in [0.1, 0.15) is 10.5 Å². The number of imidazole rings is 1. The van der Waals surface area contributed by atoms with Gasteiger partial charge in [-0.25, -0.2) is 14.8 Å². The number of carbonyl (C=O) groups excluding carboxylic acids is 1. The molecule has 20 heavy (non-hydrogen) atoms. The third-order valence-electron chi connectivity index (χ3n) is 2.63. The van der Waals surface area contributed by atoms with Crippen molar-refractivity contribution in [2.75, 3.05) is 5.32 Å². The molecule has 1 aromatic carbocycles.